The van der Waals surface area contributed by atoms with Crippen LogP contribution in [0.15, 0.2) is 67.0 Å². The maximum Gasteiger partial charge on any atom is 0.227 e. The minimum atomic E-state index is 0.0453. The Bertz CT molecular complexity index is 1220. The highest BCUT2D eigenvalue weighted by molar-refractivity contribution is 6.32. The van der Waals surface area contributed by atoms with Gasteiger partial charge in [-0.15, -0.1) is 0 Å². The van der Waals surface area contributed by atoms with E-state index in [4.69, 9.17) is 21.1 Å². The van der Waals surface area contributed by atoms with Gasteiger partial charge in [0.05, 0.1) is 21.6 Å². The summed E-state index contributed by atoms with van der Waals surface area (Å²) in [6.07, 6.45) is 3.55. The third-order valence-electron chi connectivity index (χ3n) is 4.83. The number of hydrogen-bond donors (Lipinski definition) is 1. The van der Waals surface area contributed by atoms with Crippen molar-refractivity contribution in [1.82, 2.24) is 19.9 Å². The Morgan fingerprint density at radius 2 is 1.91 bits per heavy atom. The molecule has 7 nitrogen and oxygen atoms in total. The predicted octanol–water partition coefficient (Wildman–Crippen LogP) is 5.33. The molecular formula is C25H26ClN5O2. The van der Waals surface area contributed by atoms with Gasteiger partial charge in [-0.2, -0.15) is 0 Å². The first kappa shape index (κ1) is 22.8. The van der Waals surface area contributed by atoms with E-state index in [1.54, 1.807) is 18.5 Å². The molecule has 0 radical (unpaired) electrons. The molecule has 1 N–H and O–H groups in total. The lowest BCUT2D eigenvalue weighted by Gasteiger charge is -2.19. The van der Waals surface area contributed by atoms with Crippen LogP contribution in [-0.4, -0.2) is 46.6 Å². The van der Waals surface area contributed by atoms with Crippen LogP contribution in [0, 0.1) is 0 Å². The molecule has 170 valence electrons. The van der Waals surface area contributed by atoms with Crippen LogP contribution in [0.5, 0.6) is 11.5 Å². The third kappa shape index (κ3) is 6.09. The number of anilines is 2. The number of nitrogens with zero attached hydrogens (tertiary/aromatic N) is 4. The first-order valence-corrected chi connectivity index (χ1v) is 11.0. The van der Waals surface area contributed by atoms with Crippen molar-refractivity contribution in [2.75, 3.05) is 26.0 Å². The first-order valence-electron chi connectivity index (χ1n) is 10.6. The molecule has 0 saturated carbocycles. The number of benzene rings is 2. The monoisotopic (exact) mass is 463 g/mol. The second-order valence-electron chi connectivity index (χ2n) is 7.95. The lowest BCUT2D eigenvalue weighted by atomic mass is 10.2. The Balaban J connectivity index is 1.45. The number of halogens is 1. The molecule has 33 heavy (non-hydrogen) atoms. The highest BCUT2D eigenvalue weighted by Gasteiger charge is 2.11. The predicted molar refractivity (Wildman–Crippen MR) is 131 cm³/mol. The second-order valence-corrected chi connectivity index (χ2v) is 8.36. The zero-order valence-corrected chi connectivity index (χ0v) is 19.6. The van der Waals surface area contributed by atoms with Crippen molar-refractivity contribution in [3.8, 4) is 11.5 Å². The average Bonchev–Trinajstić information content (AvgIpc) is 2.79. The molecule has 0 aliphatic carbocycles. The van der Waals surface area contributed by atoms with Gasteiger partial charge in [0.2, 0.25) is 5.95 Å². The molecule has 1 unspecified atom stereocenters. The van der Waals surface area contributed by atoms with E-state index in [0.29, 0.717) is 23.3 Å². The number of aromatic nitrogens is 3. The minimum absolute atomic E-state index is 0.0453. The van der Waals surface area contributed by atoms with E-state index in [-0.39, 0.29) is 6.10 Å². The standard InChI is InChI=1S/C25H26ClN5O2/c1-17(15-31(2)3)33-23-9-6-8-22-20(23)14-28-25(30-22)29-18-10-11-24(21(26)13-18)32-16-19-7-4-5-12-27-19/h4-14,17H,15-16H2,1-3H3,(H,28,29,30). The lowest BCUT2D eigenvalue weighted by Crippen LogP contribution is -2.28. The van der Waals surface area contributed by atoms with Crippen molar-refractivity contribution in [3.05, 3.63) is 77.7 Å². The van der Waals surface area contributed by atoms with Gasteiger partial charge in [0.1, 0.15) is 24.2 Å². The van der Waals surface area contributed by atoms with E-state index >= 15 is 0 Å². The van der Waals surface area contributed by atoms with Gasteiger partial charge in [-0.25, -0.2) is 9.97 Å². The summed E-state index contributed by atoms with van der Waals surface area (Å²) in [6.45, 7) is 3.21. The molecule has 1 atom stereocenters. The van der Waals surface area contributed by atoms with Crippen molar-refractivity contribution in [1.29, 1.82) is 0 Å². The van der Waals surface area contributed by atoms with Crippen LogP contribution in [0.1, 0.15) is 12.6 Å². The summed E-state index contributed by atoms with van der Waals surface area (Å²) in [6, 6.07) is 17.0. The van der Waals surface area contributed by atoms with Gasteiger partial charge < -0.3 is 19.7 Å². The summed E-state index contributed by atoms with van der Waals surface area (Å²) in [7, 11) is 4.05. The SMILES string of the molecule is CC(CN(C)C)Oc1cccc2nc(Nc3ccc(OCc4ccccn4)c(Cl)c3)ncc12. The smallest absolute Gasteiger partial charge is 0.227 e. The van der Waals surface area contributed by atoms with Crippen molar-refractivity contribution in [2.45, 2.75) is 19.6 Å². The summed E-state index contributed by atoms with van der Waals surface area (Å²) in [4.78, 5) is 15.4. The fourth-order valence-corrected chi connectivity index (χ4v) is 3.65. The van der Waals surface area contributed by atoms with Crippen molar-refractivity contribution >= 4 is 34.1 Å². The highest BCUT2D eigenvalue weighted by Crippen LogP contribution is 2.30. The zero-order valence-electron chi connectivity index (χ0n) is 18.8. The third-order valence-corrected chi connectivity index (χ3v) is 5.12. The van der Waals surface area contributed by atoms with Crippen LogP contribution in [0.3, 0.4) is 0 Å². The Kier molecular flexibility index (Phi) is 7.22. The van der Waals surface area contributed by atoms with Crippen molar-refractivity contribution < 1.29 is 9.47 Å². The number of ether oxygens (including phenoxy) is 2. The molecule has 8 heteroatoms. The molecule has 0 saturated heterocycles. The maximum absolute atomic E-state index is 6.42. The van der Waals surface area contributed by atoms with Crippen LogP contribution >= 0.6 is 11.6 Å². The number of rotatable bonds is 9. The van der Waals surface area contributed by atoms with E-state index in [9.17, 15) is 0 Å². The van der Waals surface area contributed by atoms with E-state index < -0.39 is 0 Å². The van der Waals surface area contributed by atoms with Crippen LogP contribution in [-0.2, 0) is 6.61 Å². The van der Waals surface area contributed by atoms with Crippen LogP contribution in [0.4, 0.5) is 11.6 Å². The summed E-state index contributed by atoms with van der Waals surface area (Å²) in [5.74, 6) is 1.82. The average molecular weight is 464 g/mol. The fourth-order valence-electron chi connectivity index (χ4n) is 3.42. The normalized spacial score (nSPS) is 12.0. The number of likely N-dealkylation sites (N-methyl/N-ethyl adjacent to an activating group) is 1. The van der Waals surface area contributed by atoms with Gasteiger partial charge in [0.15, 0.2) is 0 Å². The van der Waals surface area contributed by atoms with Crippen LogP contribution in [0.25, 0.3) is 10.9 Å². The molecule has 0 spiro atoms. The molecule has 2 aromatic carbocycles. The molecule has 0 bridgehead atoms. The van der Waals surface area contributed by atoms with Gasteiger partial charge >= 0.3 is 0 Å². The van der Waals surface area contributed by atoms with Gasteiger partial charge in [0, 0.05) is 24.6 Å². The maximum atomic E-state index is 6.42. The largest absolute Gasteiger partial charge is 0.489 e. The van der Waals surface area contributed by atoms with Gasteiger partial charge in [0.25, 0.3) is 0 Å². The van der Waals surface area contributed by atoms with E-state index in [2.05, 4.69) is 25.2 Å². The Morgan fingerprint density at radius 1 is 1.03 bits per heavy atom. The van der Waals surface area contributed by atoms with Crippen molar-refractivity contribution in [2.24, 2.45) is 0 Å². The summed E-state index contributed by atoms with van der Waals surface area (Å²) < 4.78 is 11.9. The molecular weight excluding hydrogens is 438 g/mol. The molecule has 2 heterocycles. The van der Waals surface area contributed by atoms with E-state index in [1.807, 2.05) is 69.6 Å². The van der Waals surface area contributed by atoms with Crippen LogP contribution < -0.4 is 14.8 Å². The summed E-state index contributed by atoms with van der Waals surface area (Å²) >= 11 is 6.42. The quantitative estimate of drug-likeness (QED) is 0.359. The number of fused-ring (bicyclic) bond motifs is 1. The van der Waals surface area contributed by atoms with E-state index in [0.717, 1.165) is 34.6 Å². The number of hydrogen-bond acceptors (Lipinski definition) is 7. The minimum Gasteiger partial charge on any atom is -0.489 e. The molecule has 4 rings (SSSR count). The summed E-state index contributed by atoms with van der Waals surface area (Å²) in [5, 5.41) is 4.56. The summed E-state index contributed by atoms with van der Waals surface area (Å²) in [5.41, 5.74) is 2.39. The lowest BCUT2D eigenvalue weighted by molar-refractivity contribution is 0.179. The van der Waals surface area contributed by atoms with Gasteiger partial charge in [-0.1, -0.05) is 23.7 Å². The van der Waals surface area contributed by atoms with Crippen LogP contribution in [0.2, 0.25) is 5.02 Å². The molecule has 4 aromatic rings. The number of pyridine rings is 1. The highest BCUT2D eigenvalue weighted by atomic mass is 35.5. The Morgan fingerprint density at radius 3 is 2.67 bits per heavy atom. The first-order chi connectivity index (χ1) is 16.0. The Hall–Kier alpha value is -3.42. The number of nitrogens with one attached hydrogen (secondary N) is 1. The fraction of sp³-hybridized carbons (Fsp3) is 0.240. The molecule has 0 amide bonds. The second kappa shape index (κ2) is 10.5. The van der Waals surface area contributed by atoms with Gasteiger partial charge in [-0.05, 0) is 63.5 Å². The van der Waals surface area contributed by atoms with Gasteiger partial charge in [-0.3, -0.25) is 4.98 Å². The zero-order chi connectivity index (χ0) is 23.2. The topological polar surface area (TPSA) is 72.4 Å². The Labute approximate surface area is 198 Å². The molecule has 0 fully saturated rings. The molecule has 0 aliphatic heterocycles. The molecule has 0 aliphatic rings. The molecule has 2 aromatic heterocycles. The van der Waals surface area contributed by atoms with Crippen molar-refractivity contribution in [3.63, 3.8) is 0 Å². The van der Waals surface area contributed by atoms with E-state index in [1.165, 1.54) is 0 Å².